The molecule has 0 aliphatic carbocycles. The summed E-state index contributed by atoms with van der Waals surface area (Å²) < 4.78 is 0. The molecule has 20 heavy (non-hydrogen) atoms. The average molecular weight is 276 g/mol. The van der Waals surface area contributed by atoms with Gasteiger partial charge in [0.1, 0.15) is 6.04 Å². The lowest BCUT2D eigenvalue weighted by Gasteiger charge is -2.21. The van der Waals surface area contributed by atoms with E-state index in [0.29, 0.717) is 19.5 Å². The second-order valence-corrected chi connectivity index (χ2v) is 5.10. The third kappa shape index (κ3) is 3.29. The number of rotatable bonds is 4. The van der Waals surface area contributed by atoms with Crippen molar-refractivity contribution < 1.29 is 14.7 Å². The molecule has 1 fully saturated rings. The number of nitrogens with one attached hydrogen (secondary N) is 1. The molecule has 1 aliphatic heterocycles. The van der Waals surface area contributed by atoms with Crippen LogP contribution in [0.25, 0.3) is 0 Å². The predicted octanol–water partition coefficient (Wildman–Crippen LogP) is 1.80. The van der Waals surface area contributed by atoms with Crippen molar-refractivity contribution in [2.45, 2.75) is 32.2 Å². The van der Waals surface area contributed by atoms with E-state index in [1.54, 1.807) is 0 Å². The van der Waals surface area contributed by atoms with Crippen molar-refractivity contribution >= 4 is 12.0 Å². The highest BCUT2D eigenvalue weighted by molar-refractivity contribution is 5.83. The van der Waals surface area contributed by atoms with Crippen LogP contribution in [0.4, 0.5) is 4.79 Å². The second kappa shape index (κ2) is 6.41. The number of amides is 2. The summed E-state index contributed by atoms with van der Waals surface area (Å²) >= 11 is 0. The van der Waals surface area contributed by atoms with Crippen LogP contribution in [0, 0.1) is 6.92 Å². The number of benzene rings is 1. The van der Waals surface area contributed by atoms with Gasteiger partial charge >= 0.3 is 12.0 Å². The second-order valence-electron chi connectivity index (χ2n) is 5.10. The fraction of sp³-hybridized carbons (Fsp3) is 0.467. The lowest BCUT2D eigenvalue weighted by atomic mass is 10.1. The number of carbonyl (C=O) groups excluding carboxylic acids is 1. The monoisotopic (exact) mass is 276 g/mol. The Labute approximate surface area is 118 Å². The zero-order chi connectivity index (χ0) is 14.5. The molecule has 2 amide bonds. The Morgan fingerprint density at radius 1 is 1.40 bits per heavy atom. The average Bonchev–Trinajstić information content (AvgIpc) is 2.90. The van der Waals surface area contributed by atoms with E-state index >= 15 is 0 Å². The summed E-state index contributed by atoms with van der Waals surface area (Å²) in [6.07, 6.45) is 2.05. The van der Waals surface area contributed by atoms with Crippen molar-refractivity contribution in [3.05, 3.63) is 35.4 Å². The van der Waals surface area contributed by atoms with Crippen LogP contribution < -0.4 is 5.32 Å². The zero-order valence-corrected chi connectivity index (χ0v) is 11.6. The molecule has 1 aliphatic rings. The normalized spacial score (nSPS) is 18.1. The first kappa shape index (κ1) is 14.4. The van der Waals surface area contributed by atoms with Crippen molar-refractivity contribution in [3.63, 3.8) is 0 Å². The van der Waals surface area contributed by atoms with Gasteiger partial charge in [0.25, 0.3) is 0 Å². The lowest BCUT2D eigenvalue weighted by molar-refractivity contribution is -0.141. The third-order valence-electron chi connectivity index (χ3n) is 3.73. The van der Waals surface area contributed by atoms with Crippen molar-refractivity contribution in [2.24, 2.45) is 0 Å². The van der Waals surface area contributed by atoms with Crippen molar-refractivity contribution in [3.8, 4) is 0 Å². The maximum Gasteiger partial charge on any atom is 0.326 e. The number of likely N-dealkylation sites (tertiary alicyclic amines) is 1. The van der Waals surface area contributed by atoms with Crippen LogP contribution in [-0.4, -0.2) is 41.1 Å². The lowest BCUT2D eigenvalue weighted by Crippen LogP contribution is -2.46. The molecular weight excluding hydrogens is 256 g/mol. The van der Waals surface area contributed by atoms with Crippen LogP contribution in [-0.2, 0) is 11.2 Å². The highest BCUT2D eigenvalue weighted by Gasteiger charge is 2.33. The molecule has 2 rings (SSSR count). The number of aliphatic carboxylic acids is 1. The van der Waals surface area contributed by atoms with E-state index in [9.17, 15) is 9.59 Å². The molecule has 0 bridgehead atoms. The van der Waals surface area contributed by atoms with Crippen LogP contribution >= 0.6 is 0 Å². The molecule has 0 saturated carbocycles. The summed E-state index contributed by atoms with van der Waals surface area (Å²) in [5.41, 5.74) is 2.40. The summed E-state index contributed by atoms with van der Waals surface area (Å²) in [5, 5.41) is 11.9. The molecule has 1 aromatic rings. The molecule has 5 nitrogen and oxygen atoms in total. The minimum Gasteiger partial charge on any atom is -0.480 e. The molecule has 1 atom stereocenters. The number of hydrogen-bond donors (Lipinski definition) is 2. The van der Waals surface area contributed by atoms with Gasteiger partial charge in [-0.3, -0.25) is 0 Å². The Bertz CT molecular complexity index is 502. The molecule has 1 saturated heterocycles. The predicted molar refractivity (Wildman–Crippen MR) is 75.6 cm³/mol. The number of carbonyl (C=O) groups is 2. The Kier molecular flexibility index (Phi) is 4.61. The Balaban J connectivity index is 1.84. The smallest absolute Gasteiger partial charge is 0.326 e. The van der Waals surface area contributed by atoms with Crippen molar-refractivity contribution in [1.29, 1.82) is 0 Å². The van der Waals surface area contributed by atoms with Gasteiger partial charge in [-0.15, -0.1) is 0 Å². The quantitative estimate of drug-likeness (QED) is 0.881. The molecule has 0 unspecified atom stereocenters. The summed E-state index contributed by atoms with van der Waals surface area (Å²) in [4.78, 5) is 24.4. The highest BCUT2D eigenvalue weighted by Crippen LogP contribution is 2.17. The minimum atomic E-state index is -0.920. The zero-order valence-electron chi connectivity index (χ0n) is 11.6. The number of aryl methyl sites for hydroxylation is 1. The van der Waals surface area contributed by atoms with Crippen molar-refractivity contribution in [2.75, 3.05) is 13.1 Å². The molecule has 1 aromatic carbocycles. The van der Waals surface area contributed by atoms with E-state index in [2.05, 4.69) is 5.32 Å². The first-order chi connectivity index (χ1) is 9.59. The van der Waals surface area contributed by atoms with E-state index in [4.69, 9.17) is 5.11 Å². The SMILES string of the molecule is Cc1ccccc1CCNC(=O)N1CCC[C@H]1C(=O)O. The van der Waals surface area contributed by atoms with Gasteiger partial charge in [0.15, 0.2) is 0 Å². The summed E-state index contributed by atoms with van der Waals surface area (Å²) in [6.45, 7) is 3.08. The maximum absolute atomic E-state index is 12.0. The van der Waals surface area contributed by atoms with Crippen molar-refractivity contribution in [1.82, 2.24) is 10.2 Å². The van der Waals surface area contributed by atoms with Gasteiger partial charge in [-0.1, -0.05) is 24.3 Å². The van der Waals surface area contributed by atoms with E-state index in [1.165, 1.54) is 16.0 Å². The van der Waals surface area contributed by atoms with E-state index < -0.39 is 12.0 Å². The van der Waals surface area contributed by atoms with Gasteiger partial charge in [0.05, 0.1) is 0 Å². The van der Waals surface area contributed by atoms with Gasteiger partial charge in [-0.2, -0.15) is 0 Å². The fourth-order valence-electron chi connectivity index (χ4n) is 2.56. The Morgan fingerprint density at radius 3 is 2.85 bits per heavy atom. The number of carboxylic acid groups (broad SMARTS) is 1. The largest absolute Gasteiger partial charge is 0.480 e. The standard InChI is InChI=1S/C15H20N2O3/c1-11-5-2-3-6-12(11)8-9-16-15(20)17-10-4-7-13(17)14(18)19/h2-3,5-6,13H,4,7-10H2,1H3,(H,16,20)(H,18,19)/t13-/m0/s1. The summed E-state index contributed by atoms with van der Waals surface area (Å²) in [6, 6.07) is 7.09. The number of carboxylic acids is 1. The van der Waals surface area contributed by atoms with Crippen LogP contribution in [0.2, 0.25) is 0 Å². The molecule has 0 radical (unpaired) electrons. The first-order valence-corrected chi connectivity index (χ1v) is 6.91. The number of hydrogen-bond acceptors (Lipinski definition) is 2. The topological polar surface area (TPSA) is 69.6 Å². The number of nitrogens with zero attached hydrogens (tertiary/aromatic N) is 1. The van der Waals surface area contributed by atoms with Gasteiger partial charge in [0.2, 0.25) is 0 Å². The van der Waals surface area contributed by atoms with Crippen LogP contribution in [0.3, 0.4) is 0 Å². The molecule has 2 N–H and O–H groups in total. The molecule has 0 spiro atoms. The third-order valence-corrected chi connectivity index (χ3v) is 3.73. The van der Waals surface area contributed by atoms with Gasteiger partial charge < -0.3 is 15.3 Å². The molecule has 108 valence electrons. The van der Waals surface area contributed by atoms with Gasteiger partial charge in [-0.05, 0) is 37.3 Å². The highest BCUT2D eigenvalue weighted by atomic mass is 16.4. The van der Waals surface area contributed by atoms with Crippen LogP contribution in [0.15, 0.2) is 24.3 Å². The Hall–Kier alpha value is -2.04. The molecular formula is C15H20N2O3. The van der Waals surface area contributed by atoms with E-state index in [1.807, 2.05) is 31.2 Å². The fourth-order valence-corrected chi connectivity index (χ4v) is 2.56. The summed E-state index contributed by atoms with van der Waals surface area (Å²) in [5.74, 6) is -0.920. The molecule has 0 aromatic heterocycles. The van der Waals surface area contributed by atoms with E-state index in [-0.39, 0.29) is 6.03 Å². The van der Waals surface area contributed by atoms with Crippen LogP contribution in [0.1, 0.15) is 24.0 Å². The summed E-state index contributed by atoms with van der Waals surface area (Å²) in [7, 11) is 0. The van der Waals surface area contributed by atoms with E-state index in [0.717, 1.165) is 12.8 Å². The number of urea groups is 1. The maximum atomic E-state index is 12.0. The van der Waals surface area contributed by atoms with Crippen LogP contribution in [0.5, 0.6) is 0 Å². The minimum absolute atomic E-state index is 0.275. The Morgan fingerprint density at radius 2 is 2.15 bits per heavy atom. The first-order valence-electron chi connectivity index (χ1n) is 6.91. The van der Waals surface area contributed by atoms with Gasteiger partial charge in [-0.25, -0.2) is 9.59 Å². The molecule has 1 heterocycles. The van der Waals surface area contributed by atoms with Gasteiger partial charge in [0, 0.05) is 13.1 Å². The molecule has 5 heteroatoms.